The number of amides is 1. The van der Waals surface area contributed by atoms with Crippen molar-refractivity contribution in [3.63, 3.8) is 0 Å². The van der Waals surface area contributed by atoms with Gasteiger partial charge in [-0.3, -0.25) is 4.79 Å². The van der Waals surface area contributed by atoms with Crippen LogP contribution in [0.2, 0.25) is 0 Å². The van der Waals surface area contributed by atoms with Crippen molar-refractivity contribution < 1.29 is 17.6 Å². The van der Waals surface area contributed by atoms with Crippen molar-refractivity contribution in [1.82, 2.24) is 9.62 Å². The van der Waals surface area contributed by atoms with Gasteiger partial charge in [0.1, 0.15) is 5.82 Å². The third-order valence-corrected chi connectivity index (χ3v) is 7.08. The van der Waals surface area contributed by atoms with E-state index >= 15 is 0 Å². The number of hydrogen-bond acceptors (Lipinski definition) is 3. The van der Waals surface area contributed by atoms with Crippen LogP contribution in [0.1, 0.15) is 43.2 Å². The lowest BCUT2D eigenvalue weighted by Gasteiger charge is -2.20. The number of halogens is 1. The molecule has 1 fully saturated rings. The molecule has 0 aliphatic carbocycles. The zero-order chi connectivity index (χ0) is 20.7. The van der Waals surface area contributed by atoms with Crippen molar-refractivity contribution in [2.75, 3.05) is 13.1 Å². The Bertz CT molecular complexity index is 904. The van der Waals surface area contributed by atoms with E-state index in [-0.39, 0.29) is 11.7 Å². The number of sulfonamides is 1. The third kappa shape index (κ3) is 6.11. The van der Waals surface area contributed by atoms with Gasteiger partial charge in [0.05, 0.1) is 4.90 Å². The highest BCUT2D eigenvalue weighted by molar-refractivity contribution is 7.89. The number of hydrogen-bond donors (Lipinski definition) is 1. The van der Waals surface area contributed by atoms with Crippen LogP contribution in [0.3, 0.4) is 0 Å². The predicted molar refractivity (Wildman–Crippen MR) is 110 cm³/mol. The van der Waals surface area contributed by atoms with Gasteiger partial charge in [-0.25, -0.2) is 12.8 Å². The summed E-state index contributed by atoms with van der Waals surface area (Å²) in [4.78, 5) is 12.3. The summed E-state index contributed by atoms with van der Waals surface area (Å²) in [5, 5.41) is 2.81. The first-order valence-electron chi connectivity index (χ1n) is 10.1. The molecule has 1 saturated heterocycles. The molecule has 1 N–H and O–H groups in total. The van der Waals surface area contributed by atoms with Gasteiger partial charge in [0.15, 0.2) is 0 Å². The molecule has 0 bridgehead atoms. The Morgan fingerprint density at radius 1 is 0.897 bits per heavy atom. The minimum Gasteiger partial charge on any atom is -0.352 e. The van der Waals surface area contributed by atoms with E-state index in [2.05, 4.69) is 5.32 Å². The van der Waals surface area contributed by atoms with E-state index in [1.165, 1.54) is 12.1 Å². The van der Waals surface area contributed by atoms with Gasteiger partial charge in [-0.05, 0) is 54.7 Å². The average molecular weight is 419 g/mol. The van der Waals surface area contributed by atoms with E-state index in [4.69, 9.17) is 0 Å². The van der Waals surface area contributed by atoms with E-state index < -0.39 is 10.0 Å². The fraction of sp³-hybridized carbons (Fsp3) is 0.409. The minimum absolute atomic E-state index is 0.101. The van der Waals surface area contributed by atoms with Gasteiger partial charge in [0.2, 0.25) is 15.9 Å². The molecule has 0 unspecified atom stereocenters. The maximum atomic E-state index is 12.9. The van der Waals surface area contributed by atoms with Crippen LogP contribution in [-0.2, 0) is 27.8 Å². The second-order valence-electron chi connectivity index (χ2n) is 7.37. The Morgan fingerprint density at radius 3 is 2.10 bits per heavy atom. The van der Waals surface area contributed by atoms with Crippen molar-refractivity contribution in [3.05, 3.63) is 65.5 Å². The average Bonchev–Trinajstić information content (AvgIpc) is 3.02. The van der Waals surface area contributed by atoms with Gasteiger partial charge in [0, 0.05) is 26.1 Å². The summed E-state index contributed by atoms with van der Waals surface area (Å²) in [5.74, 6) is -0.406. The molecule has 1 amide bonds. The number of carbonyl (C=O) groups is 1. The lowest BCUT2D eigenvalue weighted by Crippen LogP contribution is -2.31. The fourth-order valence-electron chi connectivity index (χ4n) is 3.41. The molecule has 156 valence electrons. The second-order valence-corrected chi connectivity index (χ2v) is 9.30. The van der Waals surface area contributed by atoms with Crippen LogP contribution in [0.15, 0.2) is 53.4 Å². The Balaban J connectivity index is 1.50. The first-order chi connectivity index (χ1) is 13.9. The summed E-state index contributed by atoms with van der Waals surface area (Å²) in [7, 11) is -3.45. The fourth-order valence-corrected chi connectivity index (χ4v) is 4.93. The molecule has 29 heavy (non-hydrogen) atoms. The normalized spacial score (nSPS) is 15.6. The van der Waals surface area contributed by atoms with Crippen molar-refractivity contribution in [2.24, 2.45) is 0 Å². The molecular weight excluding hydrogens is 391 g/mol. The molecule has 2 aromatic carbocycles. The third-order valence-electron chi connectivity index (χ3n) is 5.17. The molecule has 0 saturated carbocycles. The molecule has 7 heteroatoms. The van der Waals surface area contributed by atoms with Crippen molar-refractivity contribution in [3.8, 4) is 0 Å². The standard InChI is InChI=1S/C22H27FN2O3S/c23-20-10-5-19(6-11-20)17-24-22(26)14-9-18-7-12-21(13-8-18)29(27,28)25-15-3-1-2-4-16-25/h5-8,10-13H,1-4,9,14-17H2,(H,24,26). The minimum atomic E-state index is -3.45. The molecule has 2 aromatic rings. The monoisotopic (exact) mass is 418 g/mol. The number of rotatable bonds is 7. The summed E-state index contributed by atoms with van der Waals surface area (Å²) in [6.07, 6.45) is 4.80. The van der Waals surface area contributed by atoms with Gasteiger partial charge < -0.3 is 5.32 Å². The zero-order valence-corrected chi connectivity index (χ0v) is 17.3. The van der Waals surface area contributed by atoms with Gasteiger partial charge in [-0.1, -0.05) is 37.1 Å². The predicted octanol–water partition coefficient (Wildman–Crippen LogP) is 3.64. The molecule has 1 heterocycles. The van der Waals surface area contributed by atoms with Crippen molar-refractivity contribution >= 4 is 15.9 Å². The van der Waals surface area contributed by atoms with E-state index in [9.17, 15) is 17.6 Å². The van der Waals surface area contributed by atoms with Gasteiger partial charge >= 0.3 is 0 Å². The van der Waals surface area contributed by atoms with Crippen LogP contribution in [0.5, 0.6) is 0 Å². The Morgan fingerprint density at radius 2 is 1.48 bits per heavy atom. The molecule has 5 nitrogen and oxygen atoms in total. The summed E-state index contributed by atoms with van der Waals surface area (Å²) < 4.78 is 40.1. The Hall–Kier alpha value is -2.25. The lowest BCUT2D eigenvalue weighted by atomic mass is 10.1. The number of carbonyl (C=O) groups excluding carboxylic acids is 1. The molecule has 0 spiro atoms. The van der Waals surface area contributed by atoms with E-state index in [1.54, 1.807) is 40.7 Å². The number of nitrogens with zero attached hydrogens (tertiary/aromatic N) is 1. The van der Waals surface area contributed by atoms with Crippen molar-refractivity contribution in [1.29, 1.82) is 0 Å². The first kappa shape index (κ1) is 21.5. The number of nitrogens with one attached hydrogen (secondary N) is 1. The summed E-state index contributed by atoms with van der Waals surface area (Å²) in [6.45, 7) is 1.52. The number of aryl methyl sites for hydroxylation is 1. The smallest absolute Gasteiger partial charge is 0.243 e. The van der Waals surface area contributed by atoms with Gasteiger partial charge in [0.25, 0.3) is 0 Å². The topological polar surface area (TPSA) is 66.5 Å². The summed E-state index contributed by atoms with van der Waals surface area (Å²) in [5.41, 5.74) is 1.75. The molecular formula is C22H27FN2O3S. The van der Waals surface area contributed by atoms with Crippen LogP contribution in [0.4, 0.5) is 4.39 Å². The zero-order valence-electron chi connectivity index (χ0n) is 16.4. The lowest BCUT2D eigenvalue weighted by molar-refractivity contribution is -0.121. The highest BCUT2D eigenvalue weighted by atomic mass is 32.2. The molecule has 1 aliphatic rings. The maximum absolute atomic E-state index is 12.9. The van der Waals surface area contributed by atoms with Gasteiger partial charge in [-0.2, -0.15) is 4.31 Å². The molecule has 0 atom stereocenters. The quantitative estimate of drug-likeness (QED) is 0.747. The molecule has 1 aliphatic heterocycles. The second kappa shape index (κ2) is 9.98. The maximum Gasteiger partial charge on any atom is 0.243 e. The highest BCUT2D eigenvalue weighted by Crippen LogP contribution is 2.21. The van der Waals surface area contributed by atoms with E-state index in [0.29, 0.717) is 37.4 Å². The SMILES string of the molecule is O=C(CCc1ccc(S(=O)(=O)N2CCCCCC2)cc1)NCc1ccc(F)cc1. The number of benzene rings is 2. The molecule has 3 rings (SSSR count). The Kier molecular flexibility index (Phi) is 7.39. The largest absolute Gasteiger partial charge is 0.352 e. The van der Waals surface area contributed by atoms with Crippen LogP contribution >= 0.6 is 0 Å². The van der Waals surface area contributed by atoms with Crippen LogP contribution in [-0.4, -0.2) is 31.7 Å². The van der Waals surface area contributed by atoms with E-state index in [0.717, 1.165) is 36.8 Å². The molecule has 0 radical (unpaired) electrons. The molecule has 0 aromatic heterocycles. The summed E-state index contributed by atoms with van der Waals surface area (Å²) >= 11 is 0. The summed E-state index contributed by atoms with van der Waals surface area (Å²) in [6, 6.07) is 12.8. The highest BCUT2D eigenvalue weighted by Gasteiger charge is 2.24. The van der Waals surface area contributed by atoms with Crippen molar-refractivity contribution in [2.45, 2.75) is 50.0 Å². The van der Waals surface area contributed by atoms with E-state index in [1.807, 2.05) is 0 Å². The van der Waals surface area contributed by atoms with Crippen LogP contribution in [0.25, 0.3) is 0 Å². The van der Waals surface area contributed by atoms with Crippen LogP contribution < -0.4 is 5.32 Å². The van der Waals surface area contributed by atoms with Gasteiger partial charge in [-0.15, -0.1) is 0 Å². The Labute approximate surface area is 172 Å². The van der Waals surface area contributed by atoms with Crippen LogP contribution in [0, 0.1) is 5.82 Å². The first-order valence-corrected chi connectivity index (χ1v) is 11.5.